The Morgan fingerprint density at radius 1 is 1.11 bits per heavy atom. The summed E-state index contributed by atoms with van der Waals surface area (Å²) in [5.74, 6) is -1.25. The normalized spacial score (nSPS) is 12.8. The maximum absolute atomic E-state index is 13.4. The van der Waals surface area contributed by atoms with Crippen molar-refractivity contribution in [1.29, 1.82) is 0 Å². The standard InChI is InChI=1S/C19H14BrF4NO3/c1-27-15-5-9(21)3-4-10(15)17(20)18(26)12-8-25-14-7-16(28-2)13(6-11(12)14)19(22,23)24/h3-8,17,25H,1-2H3. The van der Waals surface area contributed by atoms with Crippen LogP contribution in [0.4, 0.5) is 17.6 Å². The molecule has 1 unspecified atom stereocenters. The molecule has 0 aliphatic rings. The lowest BCUT2D eigenvalue weighted by Gasteiger charge is -2.14. The van der Waals surface area contributed by atoms with E-state index in [1.54, 1.807) is 0 Å². The zero-order valence-corrected chi connectivity index (χ0v) is 16.2. The highest BCUT2D eigenvalue weighted by molar-refractivity contribution is 9.09. The SMILES string of the molecule is COc1cc(F)ccc1C(Br)C(=O)c1c[nH]c2cc(OC)c(C(F)(F)F)cc12. The van der Waals surface area contributed by atoms with E-state index in [1.165, 1.54) is 31.5 Å². The number of hydrogen-bond acceptors (Lipinski definition) is 3. The smallest absolute Gasteiger partial charge is 0.419 e. The summed E-state index contributed by atoms with van der Waals surface area (Å²) in [4.78, 5) is 14.8. The quantitative estimate of drug-likeness (QED) is 0.304. The number of methoxy groups -OCH3 is 2. The first-order chi connectivity index (χ1) is 13.2. The molecule has 0 bridgehead atoms. The van der Waals surface area contributed by atoms with Crippen LogP contribution in [-0.4, -0.2) is 25.0 Å². The number of rotatable bonds is 5. The molecule has 2 aromatic carbocycles. The number of alkyl halides is 4. The lowest BCUT2D eigenvalue weighted by molar-refractivity contribution is -0.138. The maximum atomic E-state index is 13.4. The molecule has 1 heterocycles. The van der Waals surface area contributed by atoms with Crippen LogP contribution in [0.5, 0.6) is 11.5 Å². The Morgan fingerprint density at radius 3 is 2.39 bits per heavy atom. The first kappa shape index (κ1) is 20.2. The average molecular weight is 460 g/mol. The topological polar surface area (TPSA) is 51.3 Å². The van der Waals surface area contributed by atoms with Crippen LogP contribution < -0.4 is 9.47 Å². The summed E-state index contributed by atoms with van der Waals surface area (Å²) < 4.78 is 63.3. The Kier molecular flexibility index (Phi) is 5.38. The van der Waals surface area contributed by atoms with E-state index < -0.39 is 28.2 Å². The van der Waals surface area contributed by atoms with Gasteiger partial charge in [-0.25, -0.2) is 4.39 Å². The molecule has 0 amide bonds. The Morgan fingerprint density at radius 2 is 1.79 bits per heavy atom. The van der Waals surface area contributed by atoms with E-state index >= 15 is 0 Å². The van der Waals surface area contributed by atoms with Crippen LogP contribution in [0.25, 0.3) is 10.9 Å². The molecule has 3 rings (SSSR count). The van der Waals surface area contributed by atoms with Crippen LogP contribution in [0.1, 0.15) is 26.3 Å². The van der Waals surface area contributed by atoms with E-state index in [0.717, 1.165) is 19.2 Å². The van der Waals surface area contributed by atoms with E-state index in [4.69, 9.17) is 9.47 Å². The fraction of sp³-hybridized carbons (Fsp3) is 0.211. The monoisotopic (exact) mass is 459 g/mol. The predicted molar refractivity (Wildman–Crippen MR) is 98.8 cm³/mol. The number of carbonyl (C=O) groups excluding carboxylic acids is 1. The number of benzene rings is 2. The number of fused-ring (bicyclic) bond motifs is 1. The van der Waals surface area contributed by atoms with Gasteiger partial charge in [0.1, 0.15) is 22.1 Å². The van der Waals surface area contributed by atoms with Crippen LogP contribution in [0, 0.1) is 5.82 Å². The second-order valence-corrected chi connectivity index (χ2v) is 6.83. The number of ether oxygens (including phenoxy) is 2. The highest BCUT2D eigenvalue weighted by Gasteiger charge is 2.35. The van der Waals surface area contributed by atoms with Gasteiger partial charge < -0.3 is 14.5 Å². The summed E-state index contributed by atoms with van der Waals surface area (Å²) in [6.45, 7) is 0. The number of ketones is 1. The third kappa shape index (κ3) is 3.58. The van der Waals surface area contributed by atoms with Crippen molar-refractivity contribution in [3.63, 3.8) is 0 Å². The first-order valence-electron chi connectivity index (χ1n) is 7.95. The summed E-state index contributed by atoms with van der Waals surface area (Å²) in [5, 5.41) is 0.101. The van der Waals surface area contributed by atoms with E-state index in [2.05, 4.69) is 20.9 Å². The Labute approximate surface area is 165 Å². The van der Waals surface area contributed by atoms with Crippen LogP contribution in [0.15, 0.2) is 36.5 Å². The molecule has 0 saturated carbocycles. The summed E-state index contributed by atoms with van der Waals surface area (Å²) >= 11 is 3.25. The highest BCUT2D eigenvalue weighted by atomic mass is 79.9. The minimum atomic E-state index is -4.65. The first-order valence-corrected chi connectivity index (χ1v) is 8.87. The Balaban J connectivity index is 2.09. The molecule has 0 saturated heterocycles. The number of nitrogens with one attached hydrogen (secondary N) is 1. The van der Waals surface area contributed by atoms with Crippen molar-refractivity contribution in [2.75, 3.05) is 14.2 Å². The number of hydrogen-bond donors (Lipinski definition) is 1. The molecule has 28 heavy (non-hydrogen) atoms. The van der Waals surface area contributed by atoms with E-state index in [1.807, 2.05) is 0 Å². The average Bonchev–Trinajstić information content (AvgIpc) is 3.07. The highest BCUT2D eigenvalue weighted by Crippen LogP contribution is 2.41. The van der Waals surface area contributed by atoms with Crippen molar-refractivity contribution >= 4 is 32.6 Å². The summed E-state index contributed by atoms with van der Waals surface area (Å²) in [7, 11) is 2.47. The fourth-order valence-corrected chi connectivity index (χ4v) is 3.54. The van der Waals surface area contributed by atoms with E-state index in [0.29, 0.717) is 11.1 Å². The third-order valence-corrected chi connectivity index (χ3v) is 5.18. The van der Waals surface area contributed by atoms with E-state index in [-0.39, 0.29) is 22.4 Å². The van der Waals surface area contributed by atoms with Gasteiger partial charge in [-0.15, -0.1) is 0 Å². The van der Waals surface area contributed by atoms with Gasteiger partial charge in [0.15, 0.2) is 5.78 Å². The van der Waals surface area contributed by atoms with Gasteiger partial charge in [0.05, 0.1) is 19.8 Å². The number of aromatic amines is 1. The van der Waals surface area contributed by atoms with Crippen molar-refractivity contribution in [1.82, 2.24) is 4.98 Å². The number of carbonyl (C=O) groups is 1. The second kappa shape index (κ2) is 7.46. The van der Waals surface area contributed by atoms with Crippen molar-refractivity contribution in [2.45, 2.75) is 11.0 Å². The van der Waals surface area contributed by atoms with Crippen LogP contribution >= 0.6 is 15.9 Å². The molecule has 0 fully saturated rings. The number of halogens is 5. The van der Waals surface area contributed by atoms with Crippen LogP contribution in [0.3, 0.4) is 0 Å². The molecule has 1 aromatic heterocycles. The van der Waals surface area contributed by atoms with Gasteiger partial charge in [-0.2, -0.15) is 13.2 Å². The molecule has 0 radical (unpaired) electrons. The number of Topliss-reactive ketones (excluding diaryl/α,β-unsaturated/α-hetero) is 1. The Hall–Kier alpha value is -2.55. The zero-order valence-electron chi connectivity index (χ0n) is 14.7. The summed E-state index contributed by atoms with van der Waals surface area (Å²) in [5.41, 5.74) is -0.259. The molecular formula is C19H14BrF4NO3. The minimum Gasteiger partial charge on any atom is -0.496 e. The Bertz CT molecular complexity index is 1050. The molecule has 4 nitrogen and oxygen atoms in total. The molecule has 0 aliphatic carbocycles. The van der Waals surface area contributed by atoms with Crippen molar-refractivity contribution in [3.05, 3.63) is 59.0 Å². The number of aromatic nitrogens is 1. The second-order valence-electron chi connectivity index (χ2n) is 5.91. The number of H-pyrrole nitrogens is 1. The van der Waals surface area contributed by atoms with Crippen LogP contribution in [0.2, 0.25) is 0 Å². The van der Waals surface area contributed by atoms with Gasteiger partial charge in [0.25, 0.3) is 0 Å². The maximum Gasteiger partial charge on any atom is 0.419 e. The van der Waals surface area contributed by atoms with Gasteiger partial charge in [-0.3, -0.25) is 4.79 Å². The fourth-order valence-electron chi connectivity index (χ4n) is 2.92. The molecule has 148 valence electrons. The lowest BCUT2D eigenvalue weighted by Crippen LogP contribution is -2.10. The zero-order chi connectivity index (χ0) is 20.6. The molecule has 1 atom stereocenters. The molecule has 0 aliphatic heterocycles. The van der Waals surface area contributed by atoms with Crippen molar-refractivity contribution < 1.29 is 31.8 Å². The molecule has 9 heteroatoms. The van der Waals surface area contributed by atoms with Gasteiger partial charge in [0, 0.05) is 40.4 Å². The molecule has 0 spiro atoms. The van der Waals surface area contributed by atoms with Crippen molar-refractivity contribution in [3.8, 4) is 11.5 Å². The van der Waals surface area contributed by atoms with Crippen molar-refractivity contribution in [2.24, 2.45) is 0 Å². The third-order valence-electron chi connectivity index (χ3n) is 4.27. The van der Waals surface area contributed by atoms with Crippen LogP contribution in [-0.2, 0) is 6.18 Å². The van der Waals surface area contributed by atoms with E-state index in [9.17, 15) is 22.4 Å². The molecule has 3 aromatic rings. The van der Waals surface area contributed by atoms with Gasteiger partial charge in [-0.05, 0) is 12.1 Å². The largest absolute Gasteiger partial charge is 0.496 e. The summed E-state index contributed by atoms with van der Waals surface area (Å²) in [6, 6.07) is 5.74. The predicted octanol–water partition coefficient (Wildman–Crippen LogP) is 5.66. The minimum absolute atomic E-state index is 0.0522. The van der Waals surface area contributed by atoms with Gasteiger partial charge in [0.2, 0.25) is 0 Å². The van der Waals surface area contributed by atoms with Gasteiger partial charge >= 0.3 is 6.18 Å². The summed E-state index contributed by atoms with van der Waals surface area (Å²) in [6.07, 6.45) is -3.32. The lowest BCUT2D eigenvalue weighted by atomic mass is 10.00. The van der Waals surface area contributed by atoms with Gasteiger partial charge in [-0.1, -0.05) is 22.0 Å². The molecular weight excluding hydrogens is 446 g/mol. The molecule has 1 N–H and O–H groups in total.